The van der Waals surface area contributed by atoms with E-state index in [1.807, 2.05) is 0 Å². The lowest BCUT2D eigenvalue weighted by molar-refractivity contribution is 0.0979. The predicted molar refractivity (Wildman–Crippen MR) is 118 cm³/mol. The monoisotopic (exact) mass is 421 g/mol. The summed E-state index contributed by atoms with van der Waals surface area (Å²) in [5.41, 5.74) is 14.3. The maximum Gasteiger partial charge on any atom is 0.196 e. The molecule has 2 heterocycles. The summed E-state index contributed by atoms with van der Waals surface area (Å²) < 4.78 is 0. The molecule has 0 saturated carbocycles. The Morgan fingerprint density at radius 2 is 1.31 bits per heavy atom. The predicted octanol–water partition coefficient (Wildman–Crippen LogP) is 3.89. The number of ketones is 2. The van der Waals surface area contributed by atoms with Crippen LogP contribution in [0.1, 0.15) is 31.8 Å². The second-order valence-corrected chi connectivity index (χ2v) is 7.01. The number of carbonyl (C=O) groups excluding carboxylic acids is 2. The molecular formula is C23H15N7O2. The van der Waals surface area contributed by atoms with Crippen LogP contribution in [0.4, 0.5) is 23.0 Å². The minimum Gasteiger partial charge on any atom is -0.382 e. The second kappa shape index (κ2) is 7.47. The number of pyridine rings is 1. The van der Waals surface area contributed by atoms with Gasteiger partial charge >= 0.3 is 0 Å². The number of hydrogen-bond acceptors (Lipinski definition) is 9. The lowest BCUT2D eigenvalue weighted by atomic mass is 9.83. The summed E-state index contributed by atoms with van der Waals surface area (Å²) in [6.07, 6.45) is 3.21. The minimum absolute atomic E-state index is 0.0330. The molecule has 2 aromatic carbocycles. The van der Waals surface area contributed by atoms with E-state index in [1.54, 1.807) is 67.0 Å². The van der Waals surface area contributed by atoms with E-state index in [9.17, 15) is 9.59 Å². The Morgan fingerprint density at radius 1 is 0.688 bits per heavy atom. The molecule has 0 unspecified atom stereocenters. The summed E-state index contributed by atoms with van der Waals surface area (Å²) in [6, 6.07) is 15.0. The molecule has 0 bridgehead atoms. The molecule has 0 amide bonds. The quantitative estimate of drug-likeness (QED) is 0.419. The third-order valence-corrected chi connectivity index (χ3v) is 5.06. The largest absolute Gasteiger partial charge is 0.382 e. The van der Waals surface area contributed by atoms with Crippen LogP contribution in [0, 0.1) is 0 Å². The van der Waals surface area contributed by atoms with Gasteiger partial charge in [-0.1, -0.05) is 36.4 Å². The van der Waals surface area contributed by atoms with Gasteiger partial charge in [0.15, 0.2) is 34.7 Å². The number of fused-ring (bicyclic) bond motifs is 2. The zero-order valence-corrected chi connectivity index (χ0v) is 16.6. The normalized spacial score (nSPS) is 12.6. The Morgan fingerprint density at radius 3 is 2.00 bits per heavy atom. The SMILES string of the molecule is Nc1nc(-c2ccncc2)nc(N)c1/N=N/c1cccc2c1C(=O)c1ccccc1C2=O. The Labute approximate surface area is 181 Å². The molecule has 32 heavy (non-hydrogen) atoms. The number of azo groups is 1. The molecule has 0 fully saturated rings. The molecule has 2 aromatic heterocycles. The van der Waals surface area contributed by atoms with Crippen LogP contribution in [0.15, 0.2) is 77.2 Å². The molecule has 0 spiro atoms. The van der Waals surface area contributed by atoms with Gasteiger partial charge in [-0.25, -0.2) is 9.97 Å². The Hall–Kier alpha value is -4.79. The van der Waals surface area contributed by atoms with Gasteiger partial charge in [-0.15, -0.1) is 10.2 Å². The van der Waals surface area contributed by atoms with Crippen LogP contribution >= 0.6 is 0 Å². The van der Waals surface area contributed by atoms with Gasteiger partial charge in [-0.3, -0.25) is 14.6 Å². The highest BCUT2D eigenvalue weighted by atomic mass is 16.1. The number of benzene rings is 2. The van der Waals surface area contributed by atoms with E-state index in [-0.39, 0.29) is 45.7 Å². The molecule has 1 aliphatic rings. The zero-order chi connectivity index (χ0) is 22.2. The van der Waals surface area contributed by atoms with E-state index in [0.29, 0.717) is 22.5 Å². The summed E-state index contributed by atoms with van der Waals surface area (Å²) >= 11 is 0. The maximum absolute atomic E-state index is 13.1. The van der Waals surface area contributed by atoms with Gasteiger partial charge < -0.3 is 11.5 Å². The summed E-state index contributed by atoms with van der Waals surface area (Å²) in [4.78, 5) is 38.4. The van der Waals surface area contributed by atoms with Crippen LogP contribution in [0.3, 0.4) is 0 Å². The molecule has 5 rings (SSSR count). The molecule has 0 atom stereocenters. The number of carbonyl (C=O) groups is 2. The summed E-state index contributed by atoms with van der Waals surface area (Å²) in [6.45, 7) is 0. The molecule has 0 saturated heterocycles. The van der Waals surface area contributed by atoms with Crippen molar-refractivity contribution < 1.29 is 9.59 Å². The molecule has 154 valence electrons. The highest BCUT2D eigenvalue weighted by Gasteiger charge is 2.31. The summed E-state index contributed by atoms with van der Waals surface area (Å²) in [5.74, 6) is -0.140. The molecule has 0 aliphatic heterocycles. The average molecular weight is 421 g/mol. The smallest absolute Gasteiger partial charge is 0.196 e. The lowest BCUT2D eigenvalue weighted by Gasteiger charge is -2.18. The summed E-state index contributed by atoms with van der Waals surface area (Å²) in [7, 11) is 0. The van der Waals surface area contributed by atoms with Crippen molar-refractivity contribution in [1.29, 1.82) is 0 Å². The lowest BCUT2D eigenvalue weighted by Crippen LogP contribution is -2.20. The maximum atomic E-state index is 13.1. The van der Waals surface area contributed by atoms with Gasteiger partial charge in [0.1, 0.15) is 0 Å². The minimum atomic E-state index is -0.296. The van der Waals surface area contributed by atoms with E-state index < -0.39 is 0 Å². The van der Waals surface area contributed by atoms with Crippen LogP contribution in [0.5, 0.6) is 0 Å². The standard InChI is InChI=1S/C23H15N7O2/c24-21-18(22(25)28-23(27-21)12-8-10-26-11-9-12)30-29-16-7-3-6-15-17(16)20(32)14-5-2-1-4-13(14)19(15)31/h1-11H,(H4,24,25,27,28)/b30-29+. The van der Waals surface area contributed by atoms with E-state index in [2.05, 4.69) is 25.2 Å². The molecule has 4 N–H and O–H groups in total. The fraction of sp³-hybridized carbons (Fsp3) is 0. The molecule has 4 aromatic rings. The fourth-order valence-electron chi connectivity index (χ4n) is 3.54. The molecule has 0 radical (unpaired) electrons. The molecule has 9 nitrogen and oxygen atoms in total. The Bertz CT molecular complexity index is 1410. The topological polar surface area (TPSA) is 150 Å². The van der Waals surface area contributed by atoms with Crippen LogP contribution in [-0.4, -0.2) is 26.5 Å². The van der Waals surface area contributed by atoms with E-state index in [1.165, 1.54) is 0 Å². The van der Waals surface area contributed by atoms with Gasteiger partial charge in [0, 0.05) is 34.6 Å². The highest BCUT2D eigenvalue weighted by molar-refractivity contribution is 6.29. The van der Waals surface area contributed by atoms with Gasteiger partial charge in [0.05, 0.1) is 11.3 Å². The third-order valence-electron chi connectivity index (χ3n) is 5.06. The van der Waals surface area contributed by atoms with Gasteiger partial charge in [-0.2, -0.15) is 0 Å². The average Bonchev–Trinajstić information content (AvgIpc) is 2.82. The van der Waals surface area contributed by atoms with Gasteiger partial charge in [-0.05, 0) is 18.2 Å². The van der Waals surface area contributed by atoms with Crippen molar-refractivity contribution in [3.8, 4) is 11.4 Å². The van der Waals surface area contributed by atoms with Crippen molar-refractivity contribution in [2.24, 2.45) is 10.2 Å². The van der Waals surface area contributed by atoms with E-state index >= 15 is 0 Å². The third kappa shape index (κ3) is 3.08. The first-order valence-electron chi connectivity index (χ1n) is 9.61. The first kappa shape index (κ1) is 19.2. The van der Waals surface area contributed by atoms with Gasteiger partial charge in [0.25, 0.3) is 0 Å². The van der Waals surface area contributed by atoms with E-state index in [4.69, 9.17) is 11.5 Å². The van der Waals surface area contributed by atoms with Crippen molar-refractivity contribution in [2.45, 2.75) is 0 Å². The van der Waals surface area contributed by atoms with E-state index in [0.717, 1.165) is 0 Å². The van der Waals surface area contributed by atoms with Crippen LogP contribution in [0.2, 0.25) is 0 Å². The first-order chi connectivity index (χ1) is 15.5. The van der Waals surface area contributed by atoms with Crippen molar-refractivity contribution in [3.63, 3.8) is 0 Å². The van der Waals surface area contributed by atoms with Crippen molar-refractivity contribution >= 4 is 34.6 Å². The van der Waals surface area contributed by atoms with Crippen LogP contribution in [0.25, 0.3) is 11.4 Å². The summed E-state index contributed by atoms with van der Waals surface area (Å²) in [5, 5.41) is 8.28. The number of rotatable bonds is 3. The zero-order valence-electron chi connectivity index (χ0n) is 16.6. The number of nitrogen functional groups attached to an aromatic ring is 2. The number of nitrogens with zero attached hydrogens (tertiary/aromatic N) is 5. The molecule has 1 aliphatic carbocycles. The Kier molecular flexibility index (Phi) is 4.48. The highest BCUT2D eigenvalue weighted by Crippen LogP contribution is 2.36. The van der Waals surface area contributed by atoms with Crippen molar-refractivity contribution in [2.75, 3.05) is 11.5 Å². The number of aromatic nitrogens is 3. The van der Waals surface area contributed by atoms with Crippen molar-refractivity contribution in [3.05, 3.63) is 89.2 Å². The van der Waals surface area contributed by atoms with Crippen LogP contribution < -0.4 is 11.5 Å². The number of nitrogens with two attached hydrogens (primary N) is 2. The fourth-order valence-corrected chi connectivity index (χ4v) is 3.54. The van der Waals surface area contributed by atoms with Gasteiger partial charge in [0.2, 0.25) is 0 Å². The van der Waals surface area contributed by atoms with Crippen LogP contribution in [-0.2, 0) is 0 Å². The molecule has 9 heteroatoms. The number of hydrogen-bond donors (Lipinski definition) is 2. The Balaban J connectivity index is 1.56. The molecular weight excluding hydrogens is 406 g/mol. The first-order valence-corrected chi connectivity index (χ1v) is 9.61. The van der Waals surface area contributed by atoms with Crippen molar-refractivity contribution in [1.82, 2.24) is 15.0 Å². The second-order valence-electron chi connectivity index (χ2n) is 7.01. The number of anilines is 2.